The van der Waals surface area contributed by atoms with E-state index >= 15 is 0 Å². The van der Waals surface area contributed by atoms with Gasteiger partial charge in [-0.2, -0.15) is 13.2 Å². The van der Waals surface area contributed by atoms with E-state index in [1.165, 1.54) is 6.07 Å². The summed E-state index contributed by atoms with van der Waals surface area (Å²) in [5.41, 5.74) is 1.22. The summed E-state index contributed by atoms with van der Waals surface area (Å²) in [6, 6.07) is 11.8. The number of nitrogens with one attached hydrogen (secondary N) is 1. The molecule has 1 N–H and O–H groups in total. The quantitative estimate of drug-likeness (QED) is 0.297. The number of carbonyl (C=O) groups is 1. The van der Waals surface area contributed by atoms with Crippen molar-refractivity contribution in [2.45, 2.75) is 12.6 Å². The fourth-order valence-electron chi connectivity index (χ4n) is 4.54. The maximum absolute atomic E-state index is 13.2. The van der Waals surface area contributed by atoms with Gasteiger partial charge >= 0.3 is 6.18 Å². The van der Waals surface area contributed by atoms with Gasteiger partial charge < -0.3 is 19.5 Å². The van der Waals surface area contributed by atoms with Crippen LogP contribution in [-0.2, 0) is 24.4 Å². The number of halogens is 4. The minimum Gasteiger partial charge on any atom is -0.457 e. The number of Topliss-reactive ketones (excluding diaryl/α,β-unsaturated/α-hetero) is 1. The van der Waals surface area contributed by atoms with Gasteiger partial charge in [0, 0.05) is 51.6 Å². The highest BCUT2D eigenvalue weighted by Gasteiger charge is 2.31. The van der Waals surface area contributed by atoms with Crippen molar-refractivity contribution >= 4 is 40.1 Å². The summed E-state index contributed by atoms with van der Waals surface area (Å²) in [4.78, 5) is 25.9. The third-order valence-corrected chi connectivity index (χ3v) is 7.12. The maximum atomic E-state index is 13.2. The number of ether oxygens (including phenoxy) is 1. The smallest absolute Gasteiger partial charge is 0.416 e. The van der Waals surface area contributed by atoms with E-state index in [1.807, 2.05) is 0 Å². The zero-order chi connectivity index (χ0) is 28.4. The largest absolute Gasteiger partial charge is 0.457 e. The Morgan fingerprint density at radius 2 is 1.77 bits per heavy atom. The fraction of sp³-hybridized carbons (Fsp3) is 0.321. The Bertz CT molecular complexity index is 1530. The number of anilines is 2. The van der Waals surface area contributed by atoms with E-state index in [0.717, 1.165) is 43.8 Å². The number of imidazole rings is 1. The van der Waals surface area contributed by atoms with Gasteiger partial charge in [0.25, 0.3) is 0 Å². The Labute approximate surface area is 234 Å². The van der Waals surface area contributed by atoms with E-state index in [0.29, 0.717) is 35.2 Å². The molecule has 0 aliphatic carbocycles. The lowest BCUT2D eigenvalue weighted by atomic mass is 10.2. The number of hydrogen-bond donors (Lipinski definition) is 1. The van der Waals surface area contributed by atoms with E-state index in [1.54, 1.807) is 48.1 Å². The first-order valence-corrected chi connectivity index (χ1v) is 13.1. The van der Waals surface area contributed by atoms with Crippen molar-refractivity contribution in [1.29, 1.82) is 0 Å². The van der Waals surface area contributed by atoms with Gasteiger partial charge in [-0.3, -0.25) is 14.7 Å². The molecule has 0 saturated carbocycles. The van der Waals surface area contributed by atoms with Crippen LogP contribution >= 0.6 is 11.6 Å². The van der Waals surface area contributed by atoms with Gasteiger partial charge in [0.2, 0.25) is 5.95 Å². The van der Waals surface area contributed by atoms with E-state index in [9.17, 15) is 18.0 Å². The summed E-state index contributed by atoms with van der Waals surface area (Å²) in [6.45, 7) is 4.05. The van der Waals surface area contributed by atoms with Gasteiger partial charge in [-0.05, 0) is 43.4 Å². The molecule has 3 heterocycles. The third kappa shape index (κ3) is 6.55. The number of nitrogens with zero attached hydrogens (tertiary/aromatic N) is 5. The van der Waals surface area contributed by atoms with Crippen molar-refractivity contribution in [3.63, 3.8) is 0 Å². The molecule has 1 aliphatic heterocycles. The summed E-state index contributed by atoms with van der Waals surface area (Å²) in [5, 5.41) is 3.04. The Balaban J connectivity index is 1.28. The van der Waals surface area contributed by atoms with Crippen molar-refractivity contribution in [3.8, 4) is 11.5 Å². The molecule has 0 unspecified atom stereocenters. The number of rotatable bonds is 8. The number of aryl methyl sites for hydroxylation is 1. The Morgan fingerprint density at radius 3 is 2.52 bits per heavy atom. The Hall–Kier alpha value is -3.67. The molecule has 2 aromatic heterocycles. The number of aromatic nitrogens is 3. The average Bonchev–Trinajstić information content (AvgIpc) is 3.20. The molecule has 4 aromatic rings. The molecule has 8 nitrogen and oxygen atoms in total. The van der Waals surface area contributed by atoms with Crippen LogP contribution in [0.1, 0.15) is 11.3 Å². The average molecular weight is 573 g/mol. The molecule has 1 fully saturated rings. The molecule has 0 amide bonds. The number of pyridine rings is 1. The molecular formula is C28H28ClF3N6O2. The van der Waals surface area contributed by atoms with E-state index in [-0.39, 0.29) is 22.9 Å². The highest BCUT2D eigenvalue weighted by atomic mass is 35.5. The molecule has 2 aromatic carbocycles. The highest BCUT2D eigenvalue weighted by molar-refractivity contribution is 6.33. The number of fused-ring (bicyclic) bond motifs is 1. The van der Waals surface area contributed by atoms with Crippen molar-refractivity contribution in [2.24, 2.45) is 7.05 Å². The second-order valence-corrected chi connectivity index (χ2v) is 10.2. The molecule has 210 valence electrons. The van der Waals surface area contributed by atoms with Crippen LogP contribution in [0.15, 0.2) is 54.7 Å². The SMILES string of the molecule is CN1CCN(CC(=O)Cc2cc(Oc3ccc4c(c3)nc(Nc3cc(C(F)(F)F)ccc3Cl)n4C)ccn2)CC1. The standard InChI is InChI=1S/C28H28ClF3N6O2/c1-36-9-11-38(12-10-36)17-20(39)14-19-15-22(7-8-33-19)40-21-4-6-26-25(16-21)35-27(37(26)2)34-24-13-18(28(30,31)32)3-5-23(24)29/h3-8,13,15-16H,9-12,14,17H2,1-2H3,(H,34,35). The summed E-state index contributed by atoms with van der Waals surface area (Å²) in [7, 11) is 3.82. The number of hydrogen-bond acceptors (Lipinski definition) is 7. The monoisotopic (exact) mass is 572 g/mol. The number of likely N-dealkylation sites (N-methyl/N-ethyl adjacent to an activating group) is 1. The zero-order valence-electron chi connectivity index (χ0n) is 22.0. The molecule has 0 radical (unpaired) electrons. The lowest BCUT2D eigenvalue weighted by Gasteiger charge is -2.31. The minimum absolute atomic E-state index is 0.0952. The first kappa shape index (κ1) is 27.9. The van der Waals surface area contributed by atoms with Gasteiger partial charge in [0.1, 0.15) is 11.5 Å². The van der Waals surface area contributed by atoms with Gasteiger partial charge in [0.15, 0.2) is 5.78 Å². The predicted octanol–water partition coefficient (Wildman–Crippen LogP) is 5.54. The Morgan fingerprint density at radius 1 is 1.02 bits per heavy atom. The van der Waals surface area contributed by atoms with Crippen molar-refractivity contribution in [1.82, 2.24) is 24.3 Å². The van der Waals surface area contributed by atoms with Crippen molar-refractivity contribution in [3.05, 3.63) is 71.0 Å². The number of piperazine rings is 1. The van der Waals surface area contributed by atoms with Crippen LogP contribution in [0.2, 0.25) is 5.02 Å². The van der Waals surface area contributed by atoms with E-state index in [4.69, 9.17) is 16.3 Å². The van der Waals surface area contributed by atoms with Crippen LogP contribution in [0.4, 0.5) is 24.8 Å². The summed E-state index contributed by atoms with van der Waals surface area (Å²) >= 11 is 6.14. The van der Waals surface area contributed by atoms with Crippen LogP contribution in [0.25, 0.3) is 11.0 Å². The highest BCUT2D eigenvalue weighted by Crippen LogP contribution is 2.35. The molecule has 40 heavy (non-hydrogen) atoms. The van der Waals surface area contributed by atoms with Gasteiger partial charge in [-0.1, -0.05) is 11.6 Å². The minimum atomic E-state index is -4.50. The fourth-order valence-corrected chi connectivity index (χ4v) is 4.70. The zero-order valence-corrected chi connectivity index (χ0v) is 22.8. The van der Waals surface area contributed by atoms with Crippen LogP contribution < -0.4 is 10.1 Å². The van der Waals surface area contributed by atoms with Crippen molar-refractivity contribution in [2.75, 3.05) is 45.1 Å². The maximum Gasteiger partial charge on any atom is 0.416 e. The molecule has 0 atom stereocenters. The molecule has 1 aliphatic rings. The number of benzene rings is 2. The van der Waals surface area contributed by atoms with Gasteiger partial charge in [-0.25, -0.2) is 4.98 Å². The second-order valence-electron chi connectivity index (χ2n) is 9.84. The van der Waals surface area contributed by atoms with Crippen LogP contribution in [-0.4, -0.2) is 69.9 Å². The second kappa shape index (κ2) is 11.4. The molecular weight excluding hydrogens is 545 g/mol. The number of carbonyl (C=O) groups excluding carboxylic acids is 1. The van der Waals surface area contributed by atoms with E-state index in [2.05, 4.69) is 32.1 Å². The topological polar surface area (TPSA) is 75.5 Å². The van der Waals surface area contributed by atoms with Gasteiger partial charge in [-0.15, -0.1) is 0 Å². The molecule has 0 bridgehead atoms. The summed E-state index contributed by atoms with van der Waals surface area (Å²) in [6.07, 6.45) is -2.67. The summed E-state index contributed by atoms with van der Waals surface area (Å²) < 4.78 is 47.3. The lowest BCUT2D eigenvalue weighted by Crippen LogP contribution is -2.46. The van der Waals surface area contributed by atoms with Crippen LogP contribution in [0, 0.1) is 0 Å². The summed E-state index contributed by atoms with van der Waals surface area (Å²) in [5.74, 6) is 1.46. The predicted molar refractivity (Wildman–Crippen MR) is 147 cm³/mol. The molecule has 0 spiro atoms. The third-order valence-electron chi connectivity index (χ3n) is 6.79. The number of ketones is 1. The van der Waals surface area contributed by atoms with Gasteiger partial charge in [0.05, 0.1) is 46.0 Å². The molecule has 12 heteroatoms. The molecule has 5 rings (SSSR count). The first-order valence-electron chi connectivity index (χ1n) is 12.7. The van der Waals surface area contributed by atoms with Crippen LogP contribution in [0.3, 0.4) is 0 Å². The van der Waals surface area contributed by atoms with E-state index < -0.39 is 11.7 Å². The first-order chi connectivity index (χ1) is 19.0. The number of alkyl halides is 3. The van der Waals surface area contributed by atoms with Crippen LogP contribution in [0.5, 0.6) is 11.5 Å². The lowest BCUT2D eigenvalue weighted by molar-refractivity contribution is -0.137. The van der Waals surface area contributed by atoms with Crippen molar-refractivity contribution < 1.29 is 22.7 Å². The Kier molecular flexibility index (Phi) is 7.97. The normalized spacial score (nSPS) is 14.9. The molecule has 1 saturated heterocycles.